The molecule has 22 heavy (non-hydrogen) atoms. The second-order valence-electron chi connectivity index (χ2n) is 7.03. The first-order valence-corrected chi connectivity index (χ1v) is 8.97. The fourth-order valence-corrected chi connectivity index (χ4v) is 4.30. The van der Waals surface area contributed by atoms with Crippen LogP contribution in [0.15, 0.2) is 12.3 Å². The van der Waals surface area contributed by atoms with E-state index < -0.39 is 0 Å². The molecule has 0 radical (unpaired) electrons. The maximum atomic E-state index is 5.54. The highest BCUT2D eigenvalue weighted by Crippen LogP contribution is 2.28. The number of ether oxygens (including phenoxy) is 1. The van der Waals surface area contributed by atoms with Crippen LogP contribution in [0, 0.1) is 0 Å². The molecule has 3 aliphatic rings. The summed E-state index contributed by atoms with van der Waals surface area (Å²) in [4.78, 5) is 5.31. The van der Waals surface area contributed by atoms with Crippen molar-refractivity contribution in [2.75, 3.05) is 39.4 Å². The van der Waals surface area contributed by atoms with Gasteiger partial charge in [0, 0.05) is 45.1 Å². The lowest BCUT2D eigenvalue weighted by molar-refractivity contribution is 0.0151. The van der Waals surface area contributed by atoms with Gasteiger partial charge in [-0.2, -0.15) is 5.10 Å². The van der Waals surface area contributed by atoms with E-state index in [2.05, 4.69) is 25.6 Å². The summed E-state index contributed by atoms with van der Waals surface area (Å²) >= 11 is 0. The van der Waals surface area contributed by atoms with Crippen LogP contribution >= 0.6 is 0 Å². The summed E-state index contributed by atoms with van der Waals surface area (Å²) in [5.41, 5.74) is 1.39. The van der Waals surface area contributed by atoms with Crippen molar-refractivity contribution in [3.05, 3.63) is 18.0 Å². The fraction of sp³-hybridized carbons (Fsp3) is 0.824. The van der Waals surface area contributed by atoms with E-state index in [1.54, 1.807) is 0 Å². The highest BCUT2D eigenvalue weighted by atomic mass is 16.5. The number of likely N-dealkylation sites (tertiary alicyclic amines) is 1. The van der Waals surface area contributed by atoms with Gasteiger partial charge < -0.3 is 9.64 Å². The molecule has 0 aliphatic carbocycles. The molecular weight excluding hydrogens is 276 g/mol. The zero-order chi connectivity index (χ0) is 14.8. The molecule has 1 aromatic rings. The molecule has 0 bridgehead atoms. The van der Waals surface area contributed by atoms with Gasteiger partial charge in [-0.1, -0.05) is 0 Å². The zero-order valence-electron chi connectivity index (χ0n) is 13.5. The summed E-state index contributed by atoms with van der Waals surface area (Å²) < 4.78 is 7.83. The highest BCUT2D eigenvalue weighted by Gasteiger charge is 2.31. The van der Waals surface area contributed by atoms with Crippen molar-refractivity contribution < 1.29 is 4.74 Å². The van der Waals surface area contributed by atoms with Crippen molar-refractivity contribution >= 4 is 0 Å². The summed E-state index contributed by atoms with van der Waals surface area (Å²) in [5, 5.41) is 4.61. The number of hydrogen-bond donors (Lipinski definition) is 0. The smallest absolute Gasteiger partial charge is 0.0662 e. The first kappa shape index (κ1) is 14.7. The molecule has 1 aromatic heterocycles. The van der Waals surface area contributed by atoms with Crippen LogP contribution in [0.1, 0.15) is 43.8 Å². The van der Waals surface area contributed by atoms with E-state index in [0.717, 1.165) is 26.3 Å². The van der Waals surface area contributed by atoms with Gasteiger partial charge in [0.1, 0.15) is 0 Å². The molecular formula is C17H28N4O. The quantitative estimate of drug-likeness (QED) is 0.851. The van der Waals surface area contributed by atoms with Gasteiger partial charge in [-0.25, -0.2) is 0 Å². The van der Waals surface area contributed by atoms with E-state index in [0.29, 0.717) is 12.1 Å². The third kappa shape index (κ3) is 3.07. The minimum Gasteiger partial charge on any atom is -0.381 e. The molecule has 2 saturated heterocycles. The molecule has 1 atom stereocenters. The Morgan fingerprint density at radius 1 is 1.18 bits per heavy atom. The van der Waals surface area contributed by atoms with E-state index in [9.17, 15) is 0 Å². The maximum absolute atomic E-state index is 5.54. The molecule has 2 fully saturated rings. The van der Waals surface area contributed by atoms with Gasteiger partial charge in [0.2, 0.25) is 0 Å². The molecule has 0 N–H and O–H groups in total. The number of aromatic nitrogens is 2. The number of nitrogens with zero attached hydrogens (tertiary/aromatic N) is 4. The minimum atomic E-state index is 0.544. The zero-order valence-corrected chi connectivity index (χ0v) is 13.5. The summed E-state index contributed by atoms with van der Waals surface area (Å²) in [7, 11) is 0. The standard InChI is InChI=1S/C17H28N4O/c1-2-9-19(8-1)10-4-17-14-20(15-5-11-22-12-6-15)13-16-3-7-18-21(16)17/h3,7,15,17H,1-2,4-6,8-14H2/t17-/m0/s1. The molecule has 4 heterocycles. The maximum Gasteiger partial charge on any atom is 0.0662 e. The van der Waals surface area contributed by atoms with Crippen molar-refractivity contribution in [2.45, 2.75) is 50.7 Å². The van der Waals surface area contributed by atoms with E-state index in [1.807, 2.05) is 6.20 Å². The van der Waals surface area contributed by atoms with Gasteiger partial charge in [0.25, 0.3) is 0 Å². The Labute approximate surface area is 133 Å². The lowest BCUT2D eigenvalue weighted by atomic mass is 10.0. The van der Waals surface area contributed by atoms with Gasteiger partial charge >= 0.3 is 0 Å². The van der Waals surface area contributed by atoms with Crippen LogP contribution in [-0.4, -0.2) is 65.0 Å². The molecule has 122 valence electrons. The first-order valence-electron chi connectivity index (χ1n) is 8.97. The third-order valence-corrected chi connectivity index (χ3v) is 5.59. The molecule has 0 saturated carbocycles. The van der Waals surface area contributed by atoms with Crippen molar-refractivity contribution in [3.8, 4) is 0 Å². The topological polar surface area (TPSA) is 33.5 Å². The molecule has 0 aromatic carbocycles. The minimum absolute atomic E-state index is 0.544. The number of fused-ring (bicyclic) bond motifs is 1. The second kappa shape index (κ2) is 6.69. The Morgan fingerprint density at radius 3 is 2.82 bits per heavy atom. The SMILES string of the molecule is c1cc2n(n1)[C@@H](CCN1CCCC1)CN(C1CCOCC1)C2. The lowest BCUT2D eigenvalue weighted by Gasteiger charge is -2.40. The Bertz CT molecular complexity index is 477. The largest absolute Gasteiger partial charge is 0.381 e. The molecule has 4 rings (SSSR count). The van der Waals surface area contributed by atoms with Crippen molar-refractivity contribution in [1.82, 2.24) is 19.6 Å². The van der Waals surface area contributed by atoms with Crippen LogP contribution < -0.4 is 0 Å². The third-order valence-electron chi connectivity index (χ3n) is 5.59. The van der Waals surface area contributed by atoms with E-state index in [-0.39, 0.29) is 0 Å². The van der Waals surface area contributed by atoms with Crippen LogP contribution in [0.2, 0.25) is 0 Å². The molecule has 0 unspecified atom stereocenters. The second-order valence-corrected chi connectivity index (χ2v) is 7.03. The van der Waals surface area contributed by atoms with Crippen molar-refractivity contribution in [2.24, 2.45) is 0 Å². The van der Waals surface area contributed by atoms with Gasteiger partial charge in [-0.3, -0.25) is 9.58 Å². The predicted octanol–water partition coefficient (Wildman–Crippen LogP) is 1.90. The number of rotatable bonds is 4. The Kier molecular flexibility index (Phi) is 4.46. The van der Waals surface area contributed by atoms with E-state index >= 15 is 0 Å². The van der Waals surface area contributed by atoms with Crippen LogP contribution in [0.5, 0.6) is 0 Å². The molecule has 3 aliphatic heterocycles. The summed E-state index contributed by atoms with van der Waals surface area (Å²) in [6.07, 6.45) is 8.35. The van der Waals surface area contributed by atoms with Crippen molar-refractivity contribution in [3.63, 3.8) is 0 Å². The molecule has 5 nitrogen and oxygen atoms in total. The Balaban J connectivity index is 1.42. The average Bonchev–Trinajstić information content (AvgIpc) is 3.24. The summed E-state index contributed by atoms with van der Waals surface area (Å²) in [5.74, 6) is 0. The van der Waals surface area contributed by atoms with Crippen LogP contribution in [0.4, 0.5) is 0 Å². The van der Waals surface area contributed by atoms with Crippen LogP contribution in [0.25, 0.3) is 0 Å². The van der Waals surface area contributed by atoms with Gasteiger partial charge in [0.05, 0.1) is 11.7 Å². The Morgan fingerprint density at radius 2 is 2.00 bits per heavy atom. The normalized spacial score (nSPS) is 28.1. The monoisotopic (exact) mass is 304 g/mol. The van der Waals surface area contributed by atoms with E-state index in [4.69, 9.17) is 4.74 Å². The molecule has 5 heteroatoms. The lowest BCUT2D eigenvalue weighted by Crippen LogP contribution is -2.46. The summed E-state index contributed by atoms with van der Waals surface area (Å²) in [6, 6.07) is 3.45. The summed E-state index contributed by atoms with van der Waals surface area (Å²) in [6.45, 7) is 7.89. The highest BCUT2D eigenvalue weighted by molar-refractivity contribution is 5.06. The van der Waals surface area contributed by atoms with Crippen LogP contribution in [0.3, 0.4) is 0 Å². The first-order chi connectivity index (χ1) is 10.9. The van der Waals surface area contributed by atoms with Crippen molar-refractivity contribution in [1.29, 1.82) is 0 Å². The van der Waals surface area contributed by atoms with Gasteiger partial charge in [-0.15, -0.1) is 0 Å². The predicted molar refractivity (Wildman–Crippen MR) is 85.8 cm³/mol. The average molecular weight is 304 g/mol. The van der Waals surface area contributed by atoms with Gasteiger partial charge in [-0.05, 0) is 51.3 Å². The Hall–Kier alpha value is -0.910. The number of hydrogen-bond acceptors (Lipinski definition) is 4. The molecule has 0 spiro atoms. The van der Waals surface area contributed by atoms with Crippen LogP contribution in [-0.2, 0) is 11.3 Å². The molecule has 0 amide bonds. The van der Waals surface area contributed by atoms with Gasteiger partial charge in [0.15, 0.2) is 0 Å². The van der Waals surface area contributed by atoms with E-state index in [1.165, 1.54) is 57.4 Å². The fourth-order valence-electron chi connectivity index (χ4n) is 4.30.